The average Bonchev–Trinajstić information content (AvgIpc) is 3.08. The van der Waals surface area contributed by atoms with Crippen molar-refractivity contribution in [2.45, 2.75) is 58.4 Å². The number of phenols is 1. The predicted molar refractivity (Wildman–Crippen MR) is 130 cm³/mol. The van der Waals surface area contributed by atoms with Crippen molar-refractivity contribution in [1.82, 2.24) is 20.0 Å². The van der Waals surface area contributed by atoms with Crippen molar-refractivity contribution in [1.29, 1.82) is 0 Å². The van der Waals surface area contributed by atoms with Gasteiger partial charge in [-0.2, -0.15) is 0 Å². The highest BCUT2D eigenvalue weighted by Crippen LogP contribution is 2.45. The summed E-state index contributed by atoms with van der Waals surface area (Å²) in [5, 5.41) is 12.8. The molecule has 2 saturated heterocycles. The highest BCUT2D eigenvalue weighted by molar-refractivity contribution is 6.09. The van der Waals surface area contributed by atoms with Crippen molar-refractivity contribution in [3.05, 3.63) is 29.8 Å². The summed E-state index contributed by atoms with van der Waals surface area (Å²) >= 11 is 0. The SMILES string of the molecule is CCC(C)(C)C1CCC2(CC1)NC(=O)N(CC(=O)N1CCN(C(=O)c3ccccc3O)CC1)C2=O. The van der Waals surface area contributed by atoms with Crippen LogP contribution in [0.15, 0.2) is 24.3 Å². The van der Waals surface area contributed by atoms with Crippen LogP contribution in [0.3, 0.4) is 0 Å². The van der Waals surface area contributed by atoms with E-state index in [0.29, 0.717) is 44.9 Å². The van der Waals surface area contributed by atoms with Crippen LogP contribution in [0.2, 0.25) is 0 Å². The Morgan fingerprint density at radius 1 is 1.06 bits per heavy atom. The molecule has 0 bridgehead atoms. The molecule has 5 amide bonds. The molecule has 1 saturated carbocycles. The van der Waals surface area contributed by atoms with E-state index in [1.165, 1.54) is 6.07 Å². The van der Waals surface area contributed by atoms with Crippen LogP contribution in [-0.2, 0) is 9.59 Å². The molecule has 1 aromatic carbocycles. The molecule has 1 aliphatic carbocycles. The number of nitrogens with one attached hydrogen (secondary N) is 1. The molecule has 9 nitrogen and oxygen atoms in total. The first-order valence-electron chi connectivity index (χ1n) is 12.6. The van der Waals surface area contributed by atoms with Gasteiger partial charge in [0.15, 0.2) is 0 Å². The predicted octanol–water partition coefficient (Wildman–Crippen LogP) is 2.59. The molecule has 3 fully saturated rings. The van der Waals surface area contributed by atoms with Crippen molar-refractivity contribution in [3.8, 4) is 5.75 Å². The number of benzene rings is 1. The standard InChI is InChI=1S/C26H36N4O5/c1-4-25(2,3)18-9-11-26(12-10-18)23(34)30(24(35)27-26)17-21(32)28-13-15-29(16-14-28)22(33)19-7-5-6-8-20(19)31/h5-8,18,31H,4,9-17H2,1-3H3,(H,27,35). The summed E-state index contributed by atoms with van der Waals surface area (Å²) in [6.07, 6.45) is 4.02. The summed E-state index contributed by atoms with van der Waals surface area (Å²) in [5.41, 5.74) is -0.458. The highest BCUT2D eigenvalue weighted by atomic mass is 16.3. The normalized spacial score (nSPS) is 25.2. The highest BCUT2D eigenvalue weighted by Gasteiger charge is 2.54. The van der Waals surface area contributed by atoms with Crippen molar-refractivity contribution < 1.29 is 24.3 Å². The Bertz CT molecular complexity index is 1010. The number of para-hydroxylation sites is 1. The summed E-state index contributed by atoms with van der Waals surface area (Å²) in [6, 6.07) is 5.88. The monoisotopic (exact) mass is 484 g/mol. The second-order valence-electron chi connectivity index (χ2n) is 10.7. The van der Waals surface area contributed by atoms with Gasteiger partial charge < -0.3 is 20.2 Å². The summed E-state index contributed by atoms with van der Waals surface area (Å²) in [5.74, 6) is -0.447. The maximum atomic E-state index is 13.3. The Morgan fingerprint density at radius 3 is 2.26 bits per heavy atom. The fourth-order valence-corrected chi connectivity index (χ4v) is 5.56. The van der Waals surface area contributed by atoms with Gasteiger partial charge in [0.25, 0.3) is 11.8 Å². The molecule has 9 heteroatoms. The van der Waals surface area contributed by atoms with Gasteiger partial charge in [0.1, 0.15) is 17.8 Å². The Balaban J connectivity index is 1.32. The van der Waals surface area contributed by atoms with Crippen LogP contribution in [0.1, 0.15) is 63.2 Å². The molecule has 3 aliphatic rings. The lowest BCUT2D eigenvalue weighted by Crippen LogP contribution is -2.54. The Labute approximate surface area is 206 Å². The van der Waals surface area contributed by atoms with E-state index in [1.54, 1.807) is 28.0 Å². The Morgan fingerprint density at radius 2 is 1.66 bits per heavy atom. The molecule has 190 valence electrons. The van der Waals surface area contributed by atoms with E-state index in [-0.39, 0.29) is 41.0 Å². The number of carbonyl (C=O) groups is 4. The summed E-state index contributed by atoms with van der Waals surface area (Å²) < 4.78 is 0. The molecule has 2 heterocycles. The minimum atomic E-state index is -0.888. The third-order valence-corrected chi connectivity index (χ3v) is 8.45. The van der Waals surface area contributed by atoms with E-state index in [9.17, 15) is 24.3 Å². The Kier molecular flexibility index (Phi) is 6.79. The zero-order valence-corrected chi connectivity index (χ0v) is 20.9. The maximum Gasteiger partial charge on any atom is 0.325 e. The molecular formula is C26H36N4O5. The first-order chi connectivity index (χ1) is 16.6. The first kappa shape index (κ1) is 25.0. The van der Waals surface area contributed by atoms with Crippen LogP contribution in [0.4, 0.5) is 4.79 Å². The molecule has 0 unspecified atom stereocenters. The van der Waals surface area contributed by atoms with Crippen molar-refractivity contribution >= 4 is 23.8 Å². The first-order valence-corrected chi connectivity index (χ1v) is 12.6. The number of imide groups is 1. The number of nitrogens with zero attached hydrogens (tertiary/aromatic N) is 3. The number of hydrogen-bond donors (Lipinski definition) is 2. The number of phenolic OH excluding ortho intramolecular Hbond substituents is 1. The number of carbonyl (C=O) groups excluding carboxylic acids is 4. The Hall–Kier alpha value is -3.10. The number of rotatable bonds is 5. The fourth-order valence-electron chi connectivity index (χ4n) is 5.56. The zero-order chi connectivity index (χ0) is 25.4. The maximum absolute atomic E-state index is 13.3. The van der Waals surface area contributed by atoms with E-state index in [4.69, 9.17) is 0 Å². The molecular weight excluding hydrogens is 448 g/mol. The summed E-state index contributed by atoms with van der Waals surface area (Å²) in [7, 11) is 0. The van der Waals surface area contributed by atoms with Gasteiger partial charge in [-0.1, -0.05) is 39.3 Å². The molecule has 0 aromatic heterocycles. The summed E-state index contributed by atoms with van der Waals surface area (Å²) in [4.78, 5) is 55.8. The number of urea groups is 1. The van der Waals surface area contributed by atoms with Crippen molar-refractivity contribution in [2.24, 2.45) is 11.3 Å². The molecule has 4 rings (SSSR count). The fraction of sp³-hybridized carbons (Fsp3) is 0.615. The topological polar surface area (TPSA) is 110 Å². The number of piperazine rings is 1. The number of amides is 5. The smallest absolute Gasteiger partial charge is 0.325 e. The molecule has 35 heavy (non-hydrogen) atoms. The van der Waals surface area contributed by atoms with Gasteiger partial charge in [-0.3, -0.25) is 19.3 Å². The second-order valence-corrected chi connectivity index (χ2v) is 10.7. The van der Waals surface area contributed by atoms with Crippen molar-refractivity contribution in [3.63, 3.8) is 0 Å². The molecule has 1 aromatic rings. The van der Waals surface area contributed by atoms with Crippen LogP contribution in [-0.4, -0.2) is 81.8 Å². The molecule has 0 radical (unpaired) electrons. The number of hydrogen-bond acceptors (Lipinski definition) is 5. The van der Waals surface area contributed by atoms with Crippen LogP contribution in [0.5, 0.6) is 5.75 Å². The largest absolute Gasteiger partial charge is 0.507 e. The lowest BCUT2D eigenvalue weighted by atomic mass is 9.65. The van der Waals surface area contributed by atoms with Crippen LogP contribution < -0.4 is 5.32 Å². The van der Waals surface area contributed by atoms with Gasteiger partial charge in [0.2, 0.25) is 5.91 Å². The minimum Gasteiger partial charge on any atom is -0.507 e. The zero-order valence-electron chi connectivity index (χ0n) is 20.9. The third kappa shape index (κ3) is 4.73. The van der Waals surface area contributed by atoms with Gasteiger partial charge in [-0.15, -0.1) is 0 Å². The van der Waals surface area contributed by atoms with Crippen LogP contribution in [0, 0.1) is 11.3 Å². The van der Waals surface area contributed by atoms with E-state index in [0.717, 1.165) is 24.2 Å². The van der Waals surface area contributed by atoms with Crippen LogP contribution in [0.25, 0.3) is 0 Å². The van der Waals surface area contributed by atoms with Gasteiger partial charge in [0.05, 0.1) is 5.56 Å². The molecule has 0 atom stereocenters. The van der Waals surface area contributed by atoms with E-state index in [2.05, 4.69) is 26.1 Å². The molecule has 2 aliphatic heterocycles. The van der Waals surface area contributed by atoms with Gasteiger partial charge >= 0.3 is 6.03 Å². The van der Waals surface area contributed by atoms with Gasteiger partial charge in [0, 0.05) is 26.2 Å². The second kappa shape index (κ2) is 9.51. The van der Waals surface area contributed by atoms with E-state index in [1.807, 2.05) is 0 Å². The van der Waals surface area contributed by atoms with E-state index >= 15 is 0 Å². The van der Waals surface area contributed by atoms with Gasteiger partial charge in [-0.05, 0) is 49.1 Å². The molecule has 1 spiro atoms. The average molecular weight is 485 g/mol. The lowest BCUT2D eigenvalue weighted by Gasteiger charge is -2.42. The third-order valence-electron chi connectivity index (χ3n) is 8.45. The van der Waals surface area contributed by atoms with Crippen LogP contribution >= 0.6 is 0 Å². The van der Waals surface area contributed by atoms with Gasteiger partial charge in [-0.25, -0.2) is 4.79 Å². The quantitative estimate of drug-likeness (QED) is 0.625. The molecule has 2 N–H and O–H groups in total. The minimum absolute atomic E-state index is 0.0733. The summed E-state index contributed by atoms with van der Waals surface area (Å²) in [6.45, 7) is 7.65. The van der Waals surface area contributed by atoms with E-state index < -0.39 is 11.6 Å². The number of aromatic hydroxyl groups is 1. The lowest BCUT2D eigenvalue weighted by molar-refractivity contribution is -0.140. The van der Waals surface area contributed by atoms with Crippen molar-refractivity contribution in [2.75, 3.05) is 32.7 Å².